The first kappa shape index (κ1) is 15.0. The van der Waals surface area contributed by atoms with Crippen LogP contribution in [-0.2, 0) is 0 Å². The molecule has 4 nitrogen and oxygen atoms in total. The first-order valence-corrected chi connectivity index (χ1v) is 7.92. The minimum atomic E-state index is 0.613. The van der Waals surface area contributed by atoms with Gasteiger partial charge in [0.15, 0.2) is 0 Å². The molecule has 0 atom stereocenters. The molecule has 1 aromatic heterocycles. The van der Waals surface area contributed by atoms with Crippen LogP contribution in [0.1, 0.15) is 5.56 Å². The molecule has 4 rings (SSSR count). The topological polar surface area (TPSA) is 50.8 Å². The minimum absolute atomic E-state index is 0.613. The molecule has 4 heteroatoms. The van der Waals surface area contributed by atoms with E-state index in [1.165, 1.54) is 0 Å². The van der Waals surface area contributed by atoms with Gasteiger partial charge in [0, 0.05) is 17.3 Å². The molecular weight excluding hydrogens is 310 g/mol. The molecule has 25 heavy (non-hydrogen) atoms. The number of methoxy groups -OCH3 is 1. The zero-order valence-electron chi connectivity index (χ0n) is 13.7. The predicted molar refractivity (Wildman–Crippen MR) is 97.8 cm³/mol. The van der Waals surface area contributed by atoms with Crippen molar-refractivity contribution in [3.05, 3.63) is 78.4 Å². The third-order valence-electron chi connectivity index (χ3n) is 4.13. The third kappa shape index (κ3) is 2.62. The smallest absolute Gasteiger partial charge is 0.145 e. The number of ether oxygens (including phenoxy) is 1. The fourth-order valence-electron chi connectivity index (χ4n) is 2.94. The quantitative estimate of drug-likeness (QED) is 0.554. The normalized spacial score (nSPS) is 10.6. The summed E-state index contributed by atoms with van der Waals surface area (Å²) < 4.78 is 7.47. The lowest BCUT2D eigenvalue weighted by molar-refractivity contribution is 0.415. The van der Waals surface area contributed by atoms with Gasteiger partial charge >= 0.3 is 0 Å². The first-order chi connectivity index (χ1) is 12.3. The lowest BCUT2D eigenvalue weighted by atomic mass is 10.1. The summed E-state index contributed by atoms with van der Waals surface area (Å²) in [6, 6.07) is 25.6. The SMILES string of the molecule is COc1ccc2nc(-c3cccc(C#N)c3)n(-c3ccccc3)c2c1. The molecule has 0 spiro atoms. The Kier molecular flexibility index (Phi) is 3.68. The lowest BCUT2D eigenvalue weighted by Crippen LogP contribution is -1.97. The average molecular weight is 325 g/mol. The molecule has 0 radical (unpaired) electrons. The van der Waals surface area contributed by atoms with E-state index in [1.807, 2.05) is 66.7 Å². The van der Waals surface area contributed by atoms with Crippen LogP contribution < -0.4 is 4.74 Å². The maximum atomic E-state index is 9.21. The molecule has 0 aliphatic rings. The Hall–Kier alpha value is -3.58. The number of rotatable bonds is 3. The fraction of sp³-hybridized carbons (Fsp3) is 0.0476. The van der Waals surface area contributed by atoms with Crippen molar-refractivity contribution in [1.29, 1.82) is 5.26 Å². The molecule has 120 valence electrons. The number of hydrogen-bond donors (Lipinski definition) is 0. The highest BCUT2D eigenvalue weighted by Crippen LogP contribution is 2.31. The van der Waals surface area contributed by atoms with E-state index in [4.69, 9.17) is 9.72 Å². The zero-order chi connectivity index (χ0) is 17.2. The first-order valence-electron chi connectivity index (χ1n) is 7.92. The van der Waals surface area contributed by atoms with Crippen molar-refractivity contribution in [1.82, 2.24) is 9.55 Å². The highest BCUT2D eigenvalue weighted by atomic mass is 16.5. The maximum Gasteiger partial charge on any atom is 0.145 e. The van der Waals surface area contributed by atoms with Gasteiger partial charge in [-0.2, -0.15) is 5.26 Å². The van der Waals surface area contributed by atoms with Crippen molar-refractivity contribution >= 4 is 11.0 Å². The highest BCUT2D eigenvalue weighted by molar-refractivity contribution is 5.84. The molecule has 0 fully saturated rings. The number of nitrogens with zero attached hydrogens (tertiary/aromatic N) is 3. The van der Waals surface area contributed by atoms with Gasteiger partial charge in [0.1, 0.15) is 11.6 Å². The number of hydrogen-bond acceptors (Lipinski definition) is 3. The van der Waals surface area contributed by atoms with Gasteiger partial charge < -0.3 is 4.74 Å². The van der Waals surface area contributed by atoms with Gasteiger partial charge in [-0.25, -0.2) is 4.98 Å². The number of fused-ring (bicyclic) bond motifs is 1. The van der Waals surface area contributed by atoms with Gasteiger partial charge in [-0.3, -0.25) is 4.57 Å². The summed E-state index contributed by atoms with van der Waals surface area (Å²) in [5.41, 5.74) is 4.36. The van der Waals surface area contributed by atoms with Gasteiger partial charge in [-0.05, 0) is 36.4 Å². The number of aromatic nitrogens is 2. The van der Waals surface area contributed by atoms with E-state index in [9.17, 15) is 5.26 Å². The van der Waals surface area contributed by atoms with Gasteiger partial charge in [0.05, 0.1) is 29.8 Å². The molecule has 0 N–H and O–H groups in total. The van der Waals surface area contributed by atoms with Crippen LogP contribution in [-0.4, -0.2) is 16.7 Å². The van der Waals surface area contributed by atoms with Gasteiger partial charge in [-0.1, -0.05) is 30.3 Å². The second-order valence-electron chi connectivity index (χ2n) is 5.65. The zero-order valence-corrected chi connectivity index (χ0v) is 13.7. The van der Waals surface area contributed by atoms with Crippen molar-refractivity contribution in [2.75, 3.05) is 7.11 Å². The molecule has 0 saturated carbocycles. The maximum absolute atomic E-state index is 9.21. The largest absolute Gasteiger partial charge is 0.497 e. The van der Waals surface area contributed by atoms with Gasteiger partial charge in [0.25, 0.3) is 0 Å². The predicted octanol–water partition coefficient (Wildman–Crippen LogP) is 4.57. The van der Waals surface area contributed by atoms with Crippen LogP contribution >= 0.6 is 0 Å². The Morgan fingerprint density at radius 1 is 0.960 bits per heavy atom. The Balaban J connectivity index is 2.05. The summed E-state index contributed by atoms with van der Waals surface area (Å²) in [7, 11) is 1.65. The Morgan fingerprint density at radius 2 is 1.80 bits per heavy atom. The van der Waals surface area contributed by atoms with Crippen LogP contribution in [0.25, 0.3) is 28.1 Å². The number of para-hydroxylation sites is 1. The summed E-state index contributed by atoms with van der Waals surface area (Å²) in [4.78, 5) is 4.81. The Labute approximate surface area is 145 Å². The molecule has 0 aliphatic heterocycles. The van der Waals surface area contributed by atoms with Crippen molar-refractivity contribution < 1.29 is 4.74 Å². The van der Waals surface area contributed by atoms with E-state index >= 15 is 0 Å². The Morgan fingerprint density at radius 3 is 2.56 bits per heavy atom. The number of imidazole rings is 1. The van der Waals surface area contributed by atoms with Crippen molar-refractivity contribution in [3.63, 3.8) is 0 Å². The Bertz CT molecular complexity index is 1090. The van der Waals surface area contributed by atoms with Crippen LogP contribution in [0, 0.1) is 11.3 Å². The summed E-state index contributed by atoms with van der Waals surface area (Å²) in [5.74, 6) is 1.58. The number of benzene rings is 3. The lowest BCUT2D eigenvalue weighted by Gasteiger charge is -2.10. The van der Waals surface area contributed by atoms with E-state index < -0.39 is 0 Å². The summed E-state index contributed by atoms with van der Waals surface area (Å²) in [6.45, 7) is 0. The van der Waals surface area contributed by atoms with E-state index in [0.717, 1.165) is 33.9 Å². The highest BCUT2D eigenvalue weighted by Gasteiger charge is 2.15. The van der Waals surface area contributed by atoms with E-state index in [0.29, 0.717) is 5.56 Å². The van der Waals surface area contributed by atoms with Crippen LogP contribution in [0.5, 0.6) is 5.75 Å². The van der Waals surface area contributed by atoms with Crippen LogP contribution in [0.4, 0.5) is 0 Å². The van der Waals surface area contributed by atoms with E-state index in [2.05, 4.69) is 10.6 Å². The second kappa shape index (κ2) is 6.14. The van der Waals surface area contributed by atoms with Crippen LogP contribution in [0.2, 0.25) is 0 Å². The summed E-state index contributed by atoms with van der Waals surface area (Å²) in [6.07, 6.45) is 0. The monoisotopic (exact) mass is 325 g/mol. The molecule has 0 saturated heterocycles. The third-order valence-corrected chi connectivity index (χ3v) is 4.13. The molecule has 0 unspecified atom stereocenters. The molecule has 3 aromatic carbocycles. The standard InChI is InChI=1S/C21H15N3O/c1-25-18-10-11-19-20(13-18)24(17-8-3-2-4-9-17)21(23-19)16-7-5-6-15(12-16)14-22/h2-13H,1H3. The van der Waals surface area contributed by atoms with Crippen LogP contribution in [0.3, 0.4) is 0 Å². The molecule has 0 amide bonds. The van der Waals surface area contributed by atoms with Gasteiger partial charge in [-0.15, -0.1) is 0 Å². The van der Waals surface area contributed by atoms with Gasteiger partial charge in [0.2, 0.25) is 0 Å². The molecule has 0 aliphatic carbocycles. The fourth-order valence-corrected chi connectivity index (χ4v) is 2.94. The second-order valence-corrected chi connectivity index (χ2v) is 5.65. The molecule has 1 heterocycles. The average Bonchev–Trinajstić information content (AvgIpc) is 3.07. The van der Waals surface area contributed by atoms with Crippen molar-refractivity contribution in [2.24, 2.45) is 0 Å². The van der Waals surface area contributed by atoms with E-state index in [-0.39, 0.29) is 0 Å². The summed E-state index contributed by atoms with van der Waals surface area (Å²) in [5, 5.41) is 9.21. The minimum Gasteiger partial charge on any atom is -0.497 e. The molecule has 4 aromatic rings. The van der Waals surface area contributed by atoms with Crippen molar-refractivity contribution in [2.45, 2.75) is 0 Å². The van der Waals surface area contributed by atoms with E-state index in [1.54, 1.807) is 13.2 Å². The summed E-state index contributed by atoms with van der Waals surface area (Å²) >= 11 is 0. The molecule has 0 bridgehead atoms. The van der Waals surface area contributed by atoms with Crippen LogP contribution in [0.15, 0.2) is 72.8 Å². The van der Waals surface area contributed by atoms with Crippen molar-refractivity contribution in [3.8, 4) is 28.9 Å². The molecular formula is C21H15N3O. The number of nitriles is 1.